The topological polar surface area (TPSA) is 109 Å². The molecule has 1 aromatic rings. The zero-order chi connectivity index (χ0) is 16.8. The number of nitrogens with zero attached hydrogens (tertiary/aromatic N) is 2. The minimum atomic E-state index is -0.978. The number of aromatic nitrogens is 1. The van der Waals surface area contributed by atoms with Crippen LogP contribution in [0.4, 0.5) is 5.13 Å². The number of carbonyl (C=O) groups is 3. The van der Waals surface area contributed by atoms with E-state index in [0.717, 1.165) is 11.3 Å². The number of hydrogen-bond donors (Lipinski definition) is 2. The largest absolute Gasteiger partial charge is 0.477 e. The highest BCUT2D eigenvalue weighted by Crippen LogP contribution is 2.27. The first-order valence-electron chi connectivity index (χ1n) is 7.30. The van der Waals surface area contributed by atoms with E-state index in [1.54, 1.807) is 0 Å². The molecule has 1 amide bonds. The molecule has 1 fully saturated rings. The van der Waals surface area contributed by atoms with Gasteiger partial charge in [0, 0.05) is 25.6 Å². The van der Waals surface area contributed by atoms with Crippen molar-refractivity contribution in [1.29, 1.82) is 0 Å². The third-order valence-corrected chi connectivity index (χ3v) is 4.74. The van der Waals surface area contributed by atoms with Gasteiger partial charge in [0.1, 0.15) is 4.88 Å². The van der Waals surface area contributed by atoms with Gasteiger partial charge in [-0.2, -0.15) is 0 Å². The van der Waals surface area contributed by atoms with Crippen molar-refractivity contribution < 1.29 is 24.2 Å². The fourth-order valence-corrected chi connectivity index (χ4v) is 3.18. The quantitative estimate of drug-likeness (QED) is 0.734. The molecule has 126 valence electrons. The first-order chi connectivity index (χ1) is 11.0. The standard InChI is InChI=1S/C14H19N3O5S/c1-22-11(18)2-5-15-12(19)9-3-6-17(7-4-9)14-16-8-10(23-14)13(20)21/h8-9H,2-7H2,1H3,(H,15,19)(H,20,21). The van der Waals surface area contributed by atoms with E-state index in [4.69, 9.17) is 5.11 Å². The first-order valence-corrected chi connectivity index (χ1v) is 8.11. The van der Waals surface area contributed by atoms with Gasteiger partial charge < -0.3 is 20.1 Å². The average molecular weight is 341 g/mol. The number of aromatic carboxylic acids is 1. The van der Waals surface area contributed by atoms with Crippen molar-refractivity contribution in [2.75, 3.05) is 31.6 Å². The van der Waals surface area contributed by atoms with Gasteiger partial charge in [-0.15, -0.1) is 0 Å². The van der Waals surface area contributed by atoms with E-state index in [1.165, 1.54) is 13.3 Å². The van der Waals surface area contributed by atoms with E-state index in [0.29, 0.717) is 31.1 Å². The molecule has 0 spiro atoms. The highest BCUT2D eigenvalue weighted by atomic mass is 32.1. The van der Waals surface area contributed by atoms with Gasteiger partial charge in [0.15, 0.2) is 5.13 Å². The molecule has 1 saturated heterocycles. The molecular weight excluding hydrogens is 322 g/mol. The summed E-state index contributed by atoms with van der Waals surface area (Å²) in [5, 5.41) is 12.3. The summed E-state index contributed by atoms with van der Waals surface area (Å²) in [6.45, 7) is 1.59. The van der Waals surface area contributed by atoms with Crippen molar-refractivity contribution in [2.45, 2.75) is 19.3 Å². The number of amides is 1. The molecule has 0 unspecified atom stereocenters. The van der Waals surface area contributed by atoms with Gasteiger partial charge in [0.25, 0.3) is 0 Å². The number of hydrogen-bond acceptors (Lipinski definition) is 7. The monoisotopic (exact) mass is 341 g/mol. The molecule has 1 aliphatic heterocycles. The molecule has 23 heavy (non-hydrogen) atoms. The molecule has 0 atom stereocenters. The van der Waals surface area contributed by atoms with Crippen LogP contribution in [-0.2, 0) is 14.3 Å². The summed E-state index contributed by atoms with van der Waals surface area (Å²) >= 11 is 1.14. The van der Waals surface area contributed by atoms with Crippen LogP contribution in [0.5, 0.6) is 0 Å². The van der Waals surface area contributed by atoms with Gasteiger partial charge >= 0.3 is 11.9 Å². The van der Waals surface area contributed by atoms with Crippen molar-refractivity contribution >= 4 is 34.3 Å². The molecule has 1 aliphatic rings. The zero-order valence-electron chi connectivity index (χ0n) is 12.8. The predicted octanol–water partition coefficient (Wildman–Crippen LogP) is 0.737. The summed E-state index contributed by atoms with van der Waals surface area (Å²) in [4.78, 5) is 40.2. The van der Waals surface area contributed by atoms with Crippen LogP contribution in [0, 0.1) is 5.92 Å². The minimum absolute atomic E-state index is 0.0566. The number of carbonyl (C=O) groups excluding carboxylic acids is 2. The molecular formula is C14H19N3O5S. The third kappa shape index (κ3) is 4.65. The van der Waals surface area contributed by atoms with E-state index in [2.05, 4.69) is 15.0 Å². The lowest BCUT2D eigenvalue weighted by Crippen LogP contribution is -2.41. The van der Waals surface area contributed by atoms with Crippen molar-refractivity contribution in [3.8, 4) is 0 Å². The number of piperidine rings is 1. The highest BCUT2D eigenvalue weighted by Gasteiger charge is 2.26. The van der Waals surface area contributed by atoms with Crippen molar-refractivity contribution in [3.05, 3.63) is 11.1 Å². The molecule has 2 rings (SSSR count). The van der Waals surface area contributed by atoms with Crippen LogP contribution in [0.25, 0.3) is 0 Å². The van der Waals surface area contributed by atoms with E-state index in [-0.39, 0.29) is 35.6 Å². The summed E-state index contributed by atoms with van der Waals surface area (Å²) in [6.07, 6.45) is 2.87. The fourth-order valence-electron chi connectivity index (χ4n) is 2.38. The van der Waals surface area contributed by atoms with Gasteiger partial charge in [0.2, 0.25) is 5.91 Å². The molecule has 1 aromatic heterocycles. The van der Waals surface area contributed by atoms with Crippen LogP contribution < -0.4 is 10.2 Å². The number of rotatable bonds is 6. The van der Waals surface area contributed by atoms with Crippen molar-refractivity contribution in [3.63, 3.8) is 0 Å². The van der Waals surface area contributed by atoms with E-state index < -0.39 is 5.97 Å². The number of esters is 1. The number of nitrogens with one attached hydrogen (secondary N) is 1. The summed E-state index contributed by atoms with van der Waals surface area (Å²) in [5.74, 6) is -1.48. The predicted molar refractivity (Wildman–Crippen MR) is 83.7 cm³/mol. The zero-order valence-corrected chi connectivity index (χ0v) is 13.6. The van der Waals surface area contributed by atoms with Crippen LogP contribution in [0.3, 0.4) is 0 Å². The Labute approximate surface area is 137 Å². The van der Waals surface area contributed by atoms with Crippen LogP contribution >= 0.6 is 11.3 Å². The number of carboxylic acid groups (broad SMARTS) is 1. The molecule has 0 bridgehead atoms. The number of anilines is 1. The summed E-state index contributed by atoms with van der Waals surface area (Å²) < 4.78 is 4.51. The van der Waals surface area contributed by atoms with Crippen LogP contribution in [-0.4, -0.2) is 54.7 Å². The maximum absolute atomic E-state index is 12.0. The Kier molecular flexibility index (Phi) is 5.91. The van der Waals surface area contributed by atoms with E-state index >= 15 is 0 Å². The normalized spacial score (nSPS) is 15.3. The molecule has 2 heterocycles. The number of ether oxygens (including phenoxy) is 1. The third-order valence-electron chi connectivity index (χ3n) is 3.70. The second-order valence-electron chi connectivity index (χ2n) is 5.19. The van der Waals surface area contributed by atoms with Crippen LogP contribution in [0.1, 0.15) is 28.9 Å². The molecule has 0 saturated carbocycles. The summed E-state index contributed by atoms with van der Waals surface area (Å²) in [5.41, 5.74) is 0. The molecule has 0 radical (unpaired) electrons. The fraction of sp³-hybridized carbons (Fsp3) is 0.571. The molecule has 0 aromatic carbocycles. The SMILES string of the molecule is COC(=O)CCNC(=O)C1CCN(c2ncc(C(=O)O)s2)CC1. The van der Waals surface area contributed by atoms with Crippen LogP contribution in [0.15, 0.2) is 6.20 Å². The molecule has 2 N–H and O–H groups in total. The Balaban J connectivity index is 1.77. The summed E-state index contributed by atoms with van der Waals surface area (Å²) in [7, 11) is 1.31. The first kappa shape index (κ1) is 17.2. The minimum Gasteiger partial charge on any atom is -0.477 e. The van der Waals surface area contributed by atoms with E-state index in [1.807, 2.05) is 4.90 Å². The second-order valence-corrected chi connectivity index (χ2v) is 6.20. The molecule has 9 heteroatoms. The smallest absolute Gasteiger partial charge is 0.347 e. The van der Waals surface area contributed by atoms with Gasteiger partial charge in [0.05, 0.1) is 19.7 Å². The lowest BCUT2D eigenvalue weighted by molar-refractivity contribution is -0.140. The van der Waals surface area contributed by atoms with Crippen molar-refractivity contribution in [1.82, 2.24) is 10.3 Å². The number of methoxy groups -OCH3 is 1. The number of thiazole rings is 1. The van der Waals surface area contributed by atoms with Gasteiger partial charge in [-0.25, -0.2) is 9.78 Å². The lowest BCUT2D eigenvalue weighted by atomic mass is 9.96. The second kappa shape index (κ2) is 7.91. The van der Waals surface area contributed by atoms with Crippen LogP contribution in [0.2, 0.25) is 0 Å². The van der Waals surface area contributed by atoms with Gasteiger partial charge in [-0.3, -0.25) is 9.59 Å². The lowest BCUT2D eigenvalue weighted by Gasteiger charge is -2.31. The Morgan fingerprint density at radius 2 is 2.13 bits per heavy atom. The average Bonchev–Trinajstić information content (AvgIpc) is 3.05. The Morgan fingerprint density at radius 1 is 1.43 bits per heavy atom. The van der Waals surface area contributed by atoms with Gasteiger partial charge in [-0.1, -0.05) is 11.3 Å². The summed E-state index contributed by atoms with van der Waals surface area (Å²) in [6, 6.07) is 0. The Hall–Kier alpha value is -2.16. The number of carboxylic acids is 1. The van der Waals surface area contributed by atoms with E-state index in [9.17, 15) is 14.4 Å². The molecule has 0 aliphatic carbocycles. The maximum Gasteiger partial charge on any atom is 0.347 e. The van der Waals surface area contributed by atoms with Crippen molar-refractivity contribution in [2.24, 2.45) is 5.92 Å². The Bertz CT molecular complexity index is 581. The highest BCUT2D eigenvalue weighted by molar-refractivity contribution is 7.17. The maximum atomic E-state index is 12.0. The molecule has 8 nitrogen and oxygen atoms in total. The van der Waals surface area contributed by atoms with Gasteiger partial charge in [-0.05, 0) is 12.8 Å². The Morgan fingerprint density at radius 3 is 2.70 bits per heavy atom.